The van der Waals surface area contributed by atoms with Crippen molar-refractivity contribution < 1.29 is 9.90 Å². The van der Waals surface area contributed by atoms with E-state index in [1.54, 1.807) is 0 Å². The fraction of sp³-hybridized carbons (Fsp3) is 0.611. The van der Waals surface area contributed by atoms with E-state index in [4.69, 9.17) is 0 Å². The van der Waals surface area contributed by atoms with Gasteiger partial charge in [-0.2, -0.15) is 0 Å². The molecule has 22 heavy (non-hydrogen) atoms. The van der Waals surface area contributed by atoms with Crippen LogP contribution in [0.4, 0.5) is 5.69 Å². The molecular formula is C18H26N2O2. The van der Waals surface area contributed by atoms with E-state index in [1.165, 1.54) is 31.5 Å². The van der Waals surface area contributed by atoms with E-state index in [0.29, 0.717) is 0 Å². The molecule has 1 aliphatic heterocycles. The molecular weight excluding hydrogens is 276 g/mol. The van der Waals surface area contributed by atoms with Crippen LogP contribution >= 0.6 is 0 Å². The number of anilines is 1. The first-order valence-electron chi connectivity index (χ1n) is 8.52. The van der Waals surface area contributed by atoms with Crippen LogP contribution in [0.3, 0.4) is 0 Å². The quantitative estimate of drug-likeness (QED) is 0.878. The van der Waals surface area contributed by atoms with Crippen molar-refractivity contribution in [3.05, 3.63) is 29.8 Å². The van der Waals surface area contributed by atoms with Crippen LogP contribution in [-0.4, -0.2) is 41.7 Å². The Labute approximate surface area is 132 Å². The number of benzene rings is 1. The Morgan fingerprint density at radius 3 is 2.50 bits per heavy atom. The summed E-state index contributed by atoms with van der Waals surface area (Å²) < 4.78 is 0. The minimum Gasteiger partial charge on any atom is -0.392 e. The molecule has 1 aromatic carbocycles. The van der Waals surface area contributed by atoms with E-state index < -0.39 is 6.10 Å². The summed E-state index contributed by atoms with van der Waals surface area (Å²) in [6.45, 7) is 3.59. The standard InChI is InChI=1S/C18H26N2O2/c21-17-5-3-4-16(17)18(22)19-15-8-6-14(7-9-15)10-13-20-11-1-2-12-20/h6-9,16-17,21H,1-5,10-13H2,(H,19,22). The molecule has 2 atom stereocenters. The topological polar surface area (TPSA) is 52.6 Å². The largest absolute Gasteiger partial charge is 0.392 e. The van der Waals surface area contributed by atoms with Gasteiger partial charge in [-0.05, 0) is 69.3 Å². The lowest BCUT2D eigenvalue weighted by Crippen LogP contribution is -2.28. The summed E-state index contributed by atoms with van der Waals surface area (Å²) in [4.78, 5) is 14.6. The van der Waals surface area contributed by atoms with Crippen molar-refractivity contribution in [1.82, 2.24) is 4.90 Å². The number of nitrogens with zero attached hydrogens (tertiary/aromatic N) is 1. The Morgan fingerprint density at radius 2 is 1.86 bits per heavy atom. The fourth-order valence-corrected chi connectivity index (χ4v) is 3.53. The zero-order chi connectivity index (χ0) is 15.4. The van der Waals surface area contributed by atoms with Crippen LogP contribution in [0.5, 0.6) is 0 Å². The second-order valence-corrected chi connectivity index (χ2v) is 6.59. The average Bonchev–Trinajstić information content (AvgIpc) is 3.18. The van der Waals surface area contributed by atoms with E-state index in [-0.39, 0.29) is 11.8 Å². The van der Waals surface area contributed by atoms with Crippen molar-refractivity contribution in [2.75, 3.05) is 25.0 Å². The van der Waals surface area contributed by atoms with Crippen molar-refractivity contribution in [2.45, 2.75) is 44.6 Å². The summed E-state index contributed by atoms with van der Waals surface area (Å²) in [6.07, 6.45) is 5.73. The third kappa shape index (κ3) is 3.87. The highest BCUT2D eigenvalue weighted by molar-refractivity contribution is 5.93. The van der Waals surface area contributed by atoms with Gasteiger partial charge < -0.3 is 15.3 Å². The molecule has 3 rings (SSSR count). The number of aliphatic hydroxyl groups excluding tert-OH is 1. The van der Waals surface area contributed by atoms with Crippen LogP contribution in [0.25, 0.3) is 0 Å². The van der Waals surface area contributed by atoms with Crippen LogP contribution in [0.1, 0.15) is 37.7 Å². The lowest BCUT2D eigenvalue weighted by Gasteiger charge is -2.15. The van der Waals surface area contributed by atoms with Gasteiger partial charge in [-0.1, -0.05) is 12.1 Å². The van der Waals surface area contributed by atoms with Crippen molar-refractivity contribution in [3.63, 3.8) is 0 Å². The second-order valence-electron chi connectivity index (χ2n) is 6.59. The van der Waals surface area contributed by atoms with E-state index in [9.17, 15) is 9.90 Å². The second kappa shape index (κ2) is 7.25. The minimum absolute atomic E-state index is 0.0465. The maximum Gasteiger partial charge on any atom is 0.230 e. The number of carbonyl (C=O) groups excluding carboxylic acids is 1. The first kappa shape index (κ1) is 15.5. The van der Waals surface area contributed by atoms with Gasteiger partial charge in [-0.15, -0.1) is 0 Å². The number of nitrogens with one attached hydrogen (secondary N) is 1. The van der Waals surface area contributed by atoms with Gasteiger partial charge in [0.2, 0.25) is 5.91 Å². The van der Waals surface area contributed by atoms with Gasteiger partial charge in [0.15, 0.2) is 0 Å². The summed E-state index contributed by atoms with van der Waals surface area (Å²) in [5, 5.41) is 12.7. The van der Waals surface area contributed by atoms with E-state index in [1.807, 2.05) is 12.1 Å². The molecule has 1 saturated heterocycles. The molecule has 1 saturated carbocycles. The Kier molecular flexibility index (Phi) is 5.11. The molecule has 1 aromatic rings. The van der Waals surface area contributed by atoms with Gasteiger partial charge in [0, 0.05) is 12.2 Å². The fourth-order valence-electron chi connectivity index (χ4n) is 3.53. The molecule has 4 nitrogen and oxygen atoms in total. The molecule has 2 fully saturated rings. The van der Waals surface area contributed by atoms with Crippen LogP contribution in [0, 0.1) is 5.92 Å². The first-order chi connectivity index (χ1) is 10.7. The van der Waals surface area contributed by atoms with Crippen molar-refractivity contribution in [1.29, 1.82) is 0 Å². The Morgan fingerprint density at radius 1 is 1.14 bits per heavy atom. The molecule has 0 bridgehead atoms. The van der Waals surface area contributed by atoms with Gasteiger partial charge in [0.05, 0.1) is 12.0 Å². The van der Waals surface area contributed by atoms with Crippen LogP contribution < -0.4 is 5.32 Å². The molecule has 0 spiro atoms. The van der Waals surface area contributed by atoms with Gasteiger partial charge in [-0.3, -0.25) is 4.79 Å². The summed E-state index contributed by atoms with van der Waals surface area (Å²) in [5.41, 5.74) is 2.14. The third-order valence-corrected chi connectivity index (χ3v) is 4.95. The van der Waals surface area contributed by atoms with Crippen molar-refractivity contribution in [3.8, 4) is 0 Å². The molecule has 1 amide bonds. The molecule has 2 N–H and O–H groups in total. The number of rotatable bonds is 5. The van der Waals surface area contributed by atoms with Crippen molar-refractivity contribution in [2.24, 2.45) is 5.92 Å². The number of likely N-dealkylation sites (tertiary alicyclic amines) is 1. The summed E-state index contributed by atoms with van der Waals surface area (Å²) in [5.74, 6) is -0.287. The maximum atomic E-state index is 12.1. The molecule has 0 radical (unpaired) electrons. The van der Waals surface area contributed by atoms with Gasteiger partial charge in [0.25, 0.3) is 0 Å². The molecule has 120 valence electrons. The number of hydrogen-bond donors (Lipinski definition) is 2. The van der Waals surface area contributed by atoms with E-state index in [2.05, 4.69) is 22.3 Å². The monoisotopic (exact) mass is 302 g/mol. The van der Waals surface area contributed by atoms with Gasteiger partial charge in [0.1, 0.15) is 0 Å². The lowest BCUT2D eigenvalue weighted by atomic mass is 10.0. The number of carbonyl (C=O) groups is 1. The Hall–Kier alpha value is -1.39. The Balaban J connectivity index is 1.49. The molecule has 1 aliphatic carbocycles. The molecule has 4 heteroatoms. The highest BCUT2D eigenvalue weighted by Gasteiger charge is 2.31. The smallest absolute Gasteiger partial charge is 0.230 e. The van der Waals surface area contributed by atoms with Gasteiger partial charge in [-0.25, -0.2) is 0 Å². The summed E-state index contributed by atoms with van der Waals surface area (Å²) in [6, 6.07) is 8.13. The average molecular weight is 302 g/mol. The minimum atomic E-state index is -0.472. The highest BCUT2D eigenvalue weighted by atomic mass is 16.3. The van der Waals surface area contributed by atoms with Crippen molar-refractivity contribution >= 4 is 11.6 Å². The summed E-state index contributed by atoms with van der Waals surface area (Å²) >= 11 is 0. The molecule has 2 aliphatic rings. The van der Waals surface area contributed by atoms with E-state index in [0.717, 1.165) is 37.9 Å². The predicted octanol–water partition coefficient (Wildman–Crippen LogP) is 2.42. The Bertz CT molecular complexity index is 494. The maximum absolute atomic E-state index is 12.1. The molecule has 2 unspecified atom stereocenters. The first-order valence-corrected chi connectivity index (χ1v) is 8.52. The summed E-state index contributed by atoms with van der Waals surface area (Å²) in [7, 11) is 0. The lowest BCUT2D eigenvalue weighted by molar-refractivity contribution is -0.122. The molecule has 0 aromatic heterocycles. The zero-order valence-corrected chi connectivity index (χ0v) is 13.1. The molecule has 1 heterocycles. The predicted molar refractivity (Wildman–Crippen MR) is 87.8 cm³/mol. The highest BCUT2D eigenvalue weighted by Crippen LogP contribution is 2.26. The SMILES string of the molecule is O=C(Nc1ccc(CCN2CCCC2)cc1)C1CCCC1O. The third-order valence-electron chi connectivity index (χ3n) is 4.95. The van der Waals surface area contributed by atoms with Gasteiger partial charge >= 0.3 is 0 Å². The van der Waals surface area contributed by atoms with Crippen LogP contribution in [-0.2, 0) is 11.2 Å². The van der Waals surface area contributed by atoms with Crippen LogP contribution in [0.2, 0.25) is 0 Å². The normalized spacial score (nSPS) is 25.5. The van der Waals surface area contributed by atoms with Crippen LogP contribution in [0.15, 0.2) is 24.3 Å². The van der Waals surface area contributed by atoms with E-state index >= 15 is 0 Å². The number of aliphatic hydroxyl groups is 1. The number of hydrogen-bond acceptors (Lipinski definition) is 3. The zero-order valence-electron chi connectivity index (χ0n) is 13.1. The number of amides is 1.